The standard InChI is InChI=1S/C17H30N4O.HI/c1-5-22-12-11-19-17(18-2)20-14-16(21(3)4)13-15-9-7-6-8-10-15;/h6-10,16H,5,11-14H2,1-4H3,(H2,18,19,20);1H. The molecule has 0 radical (unpaired) electrons. The van der Waals surface area contributed by atoms with Gasteiger partial charge in [0.2, 0.25) is 0 Å². The zero-order valence-electron chi connectivity index (χ0n) is 14.7. The molecule has 2 N–H and O–H groups in total. The van der Waals surface area contributed by atoms with Gasteiger partial charge in [0.05, 0.1) is 6.61 Å². The number of benzene rings is 1. The van der Waals surface area contributed by atoms with Gasteiger partial charge in [0.1, 0.15) is 0 Å². The van der Waals surface area contributed by atoms with Gasteiger partial charge in [-0.15, -0.1) is 24.0 Å². The summed E-state index contributed by atoms with van der Waals surface area (Å²) < 4.78 is 5.32. The van der Waals surface area contributed by atoms with Crippen molar-refractivity contribution in [3.8, 4) is 0 Å². The minimum Gasteiger partial charge on any atom is -0.380 e. The summed E-state index contributed by atoms with van der Waals surface area (Å²) in [5.74, 6) is 0.819. The Morgan fingerprint density at radius 3 is 2.48 bits per heavy atom. The lowest BCUT2D eigenvalue weighted by atomic mass is 10.1. The Balaban J connectivity index is 0.00000484. The summed E-state index contributed by atoms with van der Waals surface area (Å²) in [7, 11) is 6.01. The molecular formula is C17H31IN4O. The molecule has 1 rings (SSSR count). The van der Waals surface area contributed by atoms with Gasteiger partial charge in [-0.1, -0.05) is 30.3 Å². The van der Waals surface area contributed by atoms with Gasteiger partial charge in [-0.25, -0.2) is 0 Å². The predicted molar refractivity (Wildman–Crippen MR) is 109 cm³/mol. The number of guanidine groups is 1. The van der Waals surface area contributed by atoms with Crippen molar-refractivity contribution in [2.75, 3.05) is 47.4 Å². The van der Waals surface area contributed by atoms with Crippen LogP contribution >= 0.6 is 24.0 Å². The van der Waals surface area contributed by atoms with Crippen molar-refractivity contribution >= 4 is 29.9 Å². The van der Waals surface area contributed by atoms with Crippen LogP contribution in [-0.4, -0.2) is 64.3 Å². The third kappa shape index (κ3) is 9.78. The average Bonchev–Trinajstić information content (AvgIpc) is 2.53. The highest BCUT2D eigenvalue weighted by molar-refractivity contribution is 14.0. The molecule has 0 bridgehead atoms. The van der Waals surface area contributed by atoms with Crippen molar-refractivity contribution in [2.24, 2.45) is 4.99 Å². The molecule has 1 unspecified atom stereocenters. The number of aliphatic imine (C=N–C) groups is 1. The van der Waals surface area contributed by atoms with E-state index < -0.39 is 0 Å². The van der Waals surface area contributed by atoms with Gasteiger partial charge < -0.3 is 20.3 Å². The molecule has 5 nitrogen and oxygen atoms in total. The largest absolute Gasteiger partial charge is 0.380 e. The van der Waals surface area contributed by atoms with Crippen molar-refractivity contribution in [3.63, 3.8) is 0 Å². The first-order valence-electron chi connectivity index (χ1n) is 7.90. The normalized spacial score (nSPS) is 12.7. The molecule has 1 aromatic rings. The van der Waals surface area contributed by atoms with Crippen LogP contribution in [0, 0.1) is 0 Å². The van der Waals surface area contributed by atoms with Crippen molar-refractivity contribution < 1.29 is 4.74 Å². The molecule has 0 fully saturated rings. The third-order valence-electron chi connectivity index (χ3n) is 3.52. The molecular weight excluding hydrogens is 403 g/mol. The van der Waals surface area contributed by atoms with E-state index in [0.717, 1.165) is 32.1 Å². The summed E-state index contributed by atoms with van der Waals surface area (Å²) in [5.41, 5.74) is 1.35. The molecule has 6 heteroatoms. The number of likely N-dealkylation sites (N-methyl/N-ethyl adjacent to an activating group) is 1. The number of nitrogens with one attached hydrogen (secondary N) is 2. The van der Waals surface area contributed by atoms with Crippen LogP contribution in [0.1, 0.15) is 12.5 Å². The molecule has 23 heavy (non-hydrogen) atoms. The fourth-order valence-corrected chi connectivity index (χ4v) is 2.14. The number of hydrogen-bond acceptors (Lipinski definition) is 3. The highest BCUT2D eigenvalue weighted by Gasteiger charge is 2.12. The van der Waals surface area contributed by atoms with E-state index in [1.807, 2.05) is 6.92 Å². The summed E-state index contributed by atoms with van der Waals surface area (Å²) in [4.78, 5) is 6.49. The van der Waals surface area contributed by atoms with E-state index in [0.29, 0.717) is 12.6 Å². The van der Waals surface area contributed by atoms with Crippen LogP contribution in [0.2, 0.25) is 0 Å². The smallest absolute Gasteiger partial charge is 0.191 e. The van der Waals surface area contributed by atoms with Crippen LogP contribution in [0.15, 0.2) is 35.3 Å². The summed E-state index contributed by atoms with van der Waals surface area (Å²) in [6.07, 6.45) is 1.01. The first-order chi connectivity index (χ1) is 10.7. The van der Waals surface area contributed by atoms with Gasteiger partial charge >= 0.3 is 0 Å². The summed E-state index contributed by atoms with van der Waals surface area (Å²) >= 11 is 0. The molecule has 0 aliphatic rings. The maximum absolute atomic E-state index is 5.32. The monoisotopic (exact) mass is 434 g/mol. The van der Waals surface area contributed by atoms with E-state index >= 15 is 0 Å². The Morgan fingerprint density at radius 2 is 1.91 bits per heavy atom. The van der Waals surface area contributed by atoms with Crippen molar-refractivity contribution in [2.45, 2.75) is 19.4 Å². The van der Waals surface area contributed by atoms with E-state index in [-0.39, 0.29) is 24.0 Å². The lowest BCUT2D eigenvalue weighted by Crippen LogP contribution is -2.46. The molecule has 0 saturated carbocycles. The van der Waals surface area contributed by atoms with Gasteiger partial charge in [0.15, 0.2) is 5.96 Å². The molecule has 0 heterocycles. The molecule has 1 atom stereocenters. The van der Waals surface area contributed by atoms with Crippen molar-refractivity contribution in [1.82, 2.24) is 15.5 Å². The second-order valence-electron chi connectivity index (χ2n) is 5.38. The van der Waals surface area contributed by atoms with Crippen LogP contribution < -0.4 is 10.6 Å². The second-order valence-corrected chi connectivity index (χ2v) is 5.38. The average molecular weight is 434 g/mol. The third-order valence-corrected chi connectivity index (χ3v) is 3.52. The SMILES string of the molecule is CCOCCNC(=NC)NCC(Cc1ccccc1)N(C)C.I. The van der Waals surface area contributed by atoms with Crippen molar-refractivity contribution in [1.29, 1.82) is 0 Å². The minimum atomic E-state index is 0. The zero-order valence-corrected chi connectivity index (χ0v) is 17.0. The van der Waals surface area contributed by atoms with E-state index in [9.17, 15) is 0 Å². The topological polar surface area (TPSA) is 48.9 Å². The van der Waals surface area contributed by atoms with Gasteiger partial charge in [-0.3, -0.25) is 4.99 Å². The molecule has 0 aliphatic carbocycles. The van der Waals surface area contributed by atoms with Crippen LogP contribution in [0.3, 0.4) is 0 Å². The molecule has 0 spiro atoms. The van der Waals surface area contributed by atoms with Gasteiger partial charge in [0.25, 0.3) is 0 Å². The molecule has 0 amide bonds. The first kappa shape index (κ1) is 22.1. The van der Waals surface area contributed by atoms with Crippen LogP contribution in [0.25, 0.3) is 0 Å². The van der Waals surface area contributed by atoms with E-state index in [1.165, 1.54) is 5.56 Å². The number of rotatable bonds is 9. The molecule has 0 saturated heterocycles. The first-order valence-corrected chi connectivity index (χ1v) is 7.90. The summed E-state index contributed by atoms with van der Waals surface area (Å²) in [6.45, 7) is 5.04. The van der Waals surface area contributed by atoms with Crippen LogP contribution in [0.4, 0.5) is 0 Å². The van der Waals surface area contributed by atoms with Gasteiger partial charge in [-0.2, -0.15) is 0 Å². The molecule has 0 aromatic heterocycles. The maximum Gasteiger partial charge on any atom is 0.191 e. The second kappa shape index (κ2) is 13.6. The highest BCUT2D eigenvalue weighted by Crippen LogP contribution is 2.06. The molecule has 1 aromatic carbocycles. The van der Waals surface area contributed by atoms with E-state index in [4.69, 9.17) is 4.74 Å². The number of hydrogen-bond donors (Lipinski definition) is 2. The Morgan fingerprint density at radius 1 is 1.22 bits per heavy atom. The van der Waals surface area contributed by atoms with Gasteiger partial charge in [-0.05, 0) is 33.0 Å². The van der Waals surface area contributed by atoms with Gasteiger partial charge in [0, 0.05) is 32.8 Å². The lowest BCUT2D eigenvalue weighted by Gasteiger charge is -2.25. The Hall–Kier alpha value is -0.860. The number of nitrogens with zero attached hydrogens (tertiary/aromatic N) is 2. The Labute approximate surface area is 157 Å². The van der Waals surface area contributed by atoms with Crippen LogP contribution in [-0.2, 0) is 11.2 Å². The van der Waals surface area contributed by atoms with Crippen molar-refractivity contribution in [3.05, 3.63) is 35.9 Å². The van der Waals surface area contributed by atoms with E-state index in [2.05, 4.69) is 65.0 Å². The maximum atomic E-state index is 5.32. The summed E-state index contributed by atoms with van der Waals surface area (Å²) in [5, 5.41) is 6.65. The quantitative estimate of drug-likeness (QED) is 0.270. The Kier molecular flexibility index (Phi) is 13.1. The molecule has 0 aliphatic heterocycles. The fourth-order valence-electron chi connectivity index (χ4n) is 2.14. The lowest BCUT2D eigenvalue weighted by molar-refractivity contribution is 0.152. The van der Waals surface area contributed by atoms with Crippen LogP contribution in [0.5, 0.6) is 0 Å². The predicted octanol–water partition coefficient (Wildman–Crippen LogP) is 1.98. The summed E-state index contributed by atoms with van der Waals surface area (Å²) in [6, 6.07) is 11.0. The minimum absolute atomic E-state index is 0. The highest BCUT2D eigenvalue weighted by atomic mass is 127. The Bertz CT molecular complexity index is 426. The fraction of sp³-hybridized carbons (Fsp3) is 0.588. The zero-order chi connectivity index (χ0) is 16.2. The molecule has 132 valence electrons. The van der Waals surface area contributed by atoms with E-state index in [1.54, 1.807) is 7.05 Å². The number of halogens is 1. The number of ether oxygens (including phenoxy) is 1.